The Morgan fingerprint density at radius 3 is 1.73 bits per heavy atom. The van der Waals surface area contributed by atoms with E-state index in [0.717, 1.165) is 0 Å². The van der Waals surface area contributed by atoms with Gasteiger partial charge < -0.3 is 0 Å². The number of hydrogen-bond donors (Lipinski definition) is 0. The first-order chi connectivity index (χ1) is 7.31. The van der Waals surface area contributed by atoms with Crippen LogP contribution in [-0.2, 0) is 15.0 Å². The van der Waals surface area contributed by atoms with Crippen molar-refractivity contribution in [3.8, 4) is 0 Å². The molecule has 1 heteroatoms. The molecule has 0 N–H and O–H groups in total. The Morgan fingerprint density at radius 2 is 1.40 bits per heavy atom. The number of rotatable bonds is 4. The van der Waals surface area contributed by atoms with E-state index >= 15 is 0 Å². The number of hydrogen-bond acceptors (Lipinski definition) is 0. The zero-order valence-electron chi connectivity index (χ0n) is 9.49. The van der Waals surface area contributed by atoms with Crippen LogP contribution in [0.25, 0.3) is 0 Å². The quantitative estimate of drug-likeness (QED) is 0.644. The summed E-state index contributed by atoms with van der Waals surface area (Å²) in [5, 5.41) is 0. The molecule has 0 amide bonds. The molecule has 0 fully saturated rings. The minimum atomic E-state index is 1.18. The Hall–Kier alpha value is -0.521. The van der Waals surface area contributed by atoms with E-state index < -0.39 is 0 Å². The van der Waals surface area contributed by atoms with E-state index in [0.29, 0.717) is 0 Å². The van der Waals surface area contributed by atoms with Crippen molar-refractivity contribution in [2.75, 3.05) is 0 Å². The van der Waals surface area contributed by atoms with Gasteiger partial charge in [-0.05, 0) is 0 Å². The van der Waals surface area contributed by atoms with Crippen molar-refractivity contribution in [2.45, 2.75) is 39.5 Å². The van der Waals surface area contributed by atoms with E-state index in [1.807, 2.05) is 0 Å². The topological polar surface area (TPSA) is 0 Å². The van der Waals surface area contributed by atoms with Crippen LogP contribution >= 0.6 is 0 Å². The van der Waals surface area contributed by atoms with Crippen LogP contribution in [0.5, 0.6) is 0 Å². The average molecular weight is 242 g/mol. The molecule has 0 aliphatic heterocycles. The van der Waals surface area contributed by atoms with Gasteiger partial charge in [-0.2, -0.15) is 0 Å². The number of allylic oxidation sites excluding steroid dienone is 8. The summed E-state index contributed by atoms with van der Waals surface area (Å²) in [6.45, 7) is 4.47. The van der Waals surface area contributed by atoms with Crippen LogP contribution < -0.4 is 0 Å². The summed E-state index contributed by atoms with van der Waals surface area (Å²) in [5.41, 5.74) is 3.04. The molecule has 0 aromatic rings. The molecule has 2 aliphatic rings. The molecule has 0 aromatic carbocycles. The molecule has 0 aromatic heterocycles. The Morgan fingerprint density at radius 1 is 0.933 bits per heavy atom. The van der Waals surface area contributed by atoms with Crippen molar-refractivity contribution in [1.29, 1.82) is 0 Å². The third kappa shape index (κ3) is 2.74. The third-order valence-electron chi connectivity index (χ3n) is 2.83. The van der Waals surface area contributed by atoms with Gasteiger partial charge in [-0.15, -0.1) is 0 Å². The molecule has 0 atom stereocenters. The minimum absolute atomic E-state index is 1.18. The Balaban J connectivity index is 1.91. The summed E-state index contributed by atoms with van der Waals surface area (Å²) in [7, 11) is 0. The van der Waals surface area contributed by atoms with Gasteiger partial charge in [-0.3, -0.25) is 0 Å². The van der Waals surface area contributed by atoms with E-state index in [9.17, 15) is 0 Å². The molecule has 0 saturated carbocycles. The van der Waals surface area contributed by atoms with E-state index in [4.69, 9.17) is 0 Å². The summed E-state index contributed by atoms with van der Waals surface area (Å²) in [4.78, 5) is 0. The maximum atomic E-state index is 2.39. The van der Waals surface area contributed by atoms with E-state index in [1.54, 1.807) is 8.94 Å². The second-order valence-corrected chi connectivity index (χ2v) is 5.61. The first kappa shape index (κ1) is 11.0. The zero-order valence-corrected chi connectivity index (χ0v) is 10.6. The average Bonchev–Trinajstić information content (AvgIpc) is 2.87. The van der Waals surface area contributed by atoms with Crippen molar-refractivity contribution in [3.63, 3.8) is 0 Å². The predicted octanol–water partition coefficient (Wildman–Crippen LogP) is 4.32. The Labute approximate surface area is 99.0 Å². The third-order valence-corrected chi connectivity index (χ3v) is 4.31. The van der Waals surface area contributed by atoms with Crippen molar-refractivity contribution in [3.05, 3.63) is 44.4 Å². The van der Waals surface area contributed by atoms with Gasteiger partial charge in [-0.1, -0.05) is 0 Å². The summed E-state index contributed by atoms with van der Waals surface area (Å²) in [6, 6.07) is 0. The standard InChI is InChI=1S/2C7H9.Fe/c2*1-2-7-5-3-4-6-7;/h2*5-6H,2-3H2,1H3;. The molecule has 0 heterocycles. The van der Waals surface area contributed by atoms with Crippen LogP contribution in [0.4, 0.5) is 0 Å². The zero-order chi connectivity index (χ0) is 10.7. The normalized spacial score (nSPS) is 20.1. The molecule has 82 valence electrons. The molecule has 0 saturated heterocycles. The summed E-state index contributed by atoms with van der Waals surface area (Å²) in [6.07, 6.45) is 14.3. The van der Waals surface area contributed by atoms with Gasteiger partial charge >= 0.3 is 98.9 Å². The van der Waals surface area contributed by atoms with Crippen LogP contribution in [-0.4, -0.2) is 0 Å². The van der Waals surface area contributed by atoms with Crippen molar-refractivity contribution < 1.29 is 15.0 Å². The Kier molecular flexibility index (Phi) is 3.66. The van der Waals surface area contributed by atoms with Crippen molar-refractivity contribution in [1.82, 2.24) is 0 Å². The van der Waals surface area contributed by atoms with Gasteiger partial charge in [0.25, 0.3) is 0 Å². The molecule has 0 nitrogen and oxygen atoms in total. The first-order valence-electron chi connectivity index (χ1n) is 5.73. The van der Waals surface area contributed by atoms with Crippen LogP contribution in [0, 0.1) is 0 Å². The molecule has 0 spiro atoms. The summed E-state index contributed by atoms with van der Waals surface area (Å²) >= 11 is 1.19. The maximum absolute atomic E-state index is 2.39. The molecular formula is C14H18Fe. The van der Waals surface area contributed by atoms with Crippen LogP contribution in [0.15, 0.2) is 44.4 Å². The van der Waals surface area contributed by atoms with Crippen molar-refractivity contribution in [2.24, 2.45) is 0 Å². The molecule has 0 bridgehead atoms. The van der Waals surface area contributed by atoms with Crippen molar-refractivity contribution >= 4 is 0 Å². The van der Waals surface area contributed by atoms with Gasteiger partial charge in [-0.25, -0.2) is 0 Å². The fraction of sp³-hybridized carbons (Fsp3) is 0.429. The molecule has 2 rings (SSSR count). The van der Waals surface area contributed by atoms with Crippen LogP contribution in [0.2, 0.25) is 0 Å². The van der Waals surface area contributed by atoms with Crippen LogP contribution in [0.1, 0.15) is 39.5 Å². The van der Waals surface area contributed by atoms with E-state index in [2.05, 4.69) is 38.2 Å². The van der Waals surface area contributed by atoms with E-state index in [-0.39, 0.29) is 0 Å². The van der Waals surface area contributed by atoms with Gasteiger partial charge in [0.1, 0.15) is 0 Å². The second kappa shape index (κ2) is 5.01. The first-order valence-corrected chi connectivity index (χ1v) is 6.83. The molecule has 0 radical (unpaired) electrons. The fourth-order valence-electron chi connectivity index (χ4n) is 1.84. The Bertz CT molecular complexity index is 331. The molecular weight excluding hydrogens is 224 g/mol. The van der Waals surface area contributed by atoms with E-state index in [1.165, 1.54) is 51.8 Å². The van der Waals surface area contributed by atoms with Gasteiger partial charge in [0.2, 0.25) is 0 Å². The molecule has 0 unspecified atom stereocenters. The summed E-state index contributed by atoms with van der Waals surface area (Å²) < 4.78 is 3.20. The fourth-order valence-corrected chi connectivity index (χ4v) is 3.32. The molecule has 2 aliphatic carbocycles. The summed E-state index contributed by atoms with van der Waals surface area (Å²) in [5.74, 6) is 0. The van der Waals surface area contributed by atoms with Crippen LogP contribution in [0.3, 0.4) is 0 Å². The SMILES string of the molecule is CCC1=CC[C]([Fe][C]2=CC(CC)=CC2)=C1. The van der Waals surface area contributed by atoms with Gasteiger partial charge in [0.15, 0.2) is 0 Å². The monoisotopic (exact) mass is 242 g/mol. The second-order valence-electron chi connectivity index (χ2n) is 3.91. The van der Waals surface area contributed by atoms with Gasteiger partial charge in [0.05, 0.1) is 0 Å². The van der Waals surface area contributed by atoms with Gasteiger partial charge in [0, 0.05) is 0 Å². The molecule has 15 heavy (non-hydrogen) atoms. The predicted molar refractivity (Wildman–Crippen MR) is 62.1 cm³/mol.